The van der Waals surface area contributed by atoms with E-state index in [2.05, 4.69) is 27.7 Å². The van der Waals surface area contributed by atoms with Gasteiger partial charge in [-0.05, 0) is 27.2 Å². The molecule has 1 heterocycles. The summed E-state index contributed by atoms with van der Waals surface area (Å²) in [5.41, 5.74) is 0. The van der Waals surface area contributed by atoms with Crippen LogP contribution < -0.4 is 0 Å². The third-order valence-corrected chi connectivity index (χ3v) is 3.02. The second kappa shape index (κ2) is 5.13. The van der Waals surface area contributed by atoms with Crippen LogP contribution in [0, 0.1) is 0 Å². The Balaban J connectivity index is 2.23. The maximum absolute atomic E-state index is 5.82. The molecule has 0 bridgehead atoms. The van der Waals surface area contributed by atoms with E-state index >= 15 is 0 Å². The molecule has 2 nitrogen and oxygen atoms in total. The first-order valence-corrected chi connectivity index (χ1v) is 5.93. The van der Waals surface area contributed by atoms with Gasteiger partial charge in [-0.1, -0.05) is 26.2 Å². The molecule has 2 atom stereocenters. The SMILES string of the molecule is CCCCCCC1(C)O[C@H](C)[C@@H](C)O1. The zero-order chi connectivity index (χ0) is 10.6. The van der Waals surface area contributed by atoms with E-state index in [0.717, 1.165) is 6.42 Å². The Morgan fingerprint density at radius 2 is 1.57 bits per heavy atom. The van der Waals surface area contributed by atoms with Gasteiger partial charge in [-0.15, -0.1) is 0 Å². The first kappa shape index (κ1) is 12.0. The van der Waals surface area contributed by atoms with Crippen molar-refractivity contribution in [2.24, 2.45) is 0 Å². The van der Waals surface area contributed by atoms with Crippen molar-refractivity contribution in [1.29, 1.82) is 0 Å². The van der Waals surface area contributed by atoms with E-state index in [-0.39, 0.29) is 18.0 Å². The molecule has 1 fully saturated rings. The van der Waals surface area contributed by atoms with Crippen molar-refractivity contribution in [2.45, 2.75) is 77.8 Å². The van der Waals surface area contributed by atoms with Gasteiger partial charge in [0.15, 0.2) is 5.79 Å². The minimum atomic E-state index is -0.313. The van der Waals surface area contributed by atoms with Crippen molar-refractivity contribution in [1.82, 2.24) is 0 Å². The highest BCUT2D eigenvalue weighted by Gasteiger charge is 2.39. The molecule has 0 amide bonds. The summed E-state index contributed by atoms with van der Waals surface area (Å²) < 4.78 is 11.6. The summed E-state index contributed by atoms with van der Waals surface area (Å²) in [4.78, 5) is 0. The maximum atomic E-state index is 5.82. The zero-order valence-corrected chi connectivity index (χ0v) is 10.0. The van der Waals surface area contributed by atoms with Crippen molar-refractivity contribution in [3.63, 3.8) is 0 Å². The average Bonchev–Trinajstić information content (AvgIpc) is 2.36. The Kier molecular flexibility index (Phi) is 4.39. The van der Waals surface area contributed by atoms with E-state index in [9.17, 15) is 0 Å². The third-order valence-electron chi connectivity index (χ3n) is 3.02. The van der Waals surface area contributed by atoms with Gasteiger partial charge in [0.25, 0.3) is 0 Å². The van der Waals surface area contributed by atoms with Gasteiger partial charge in [-0.2, -0.15) is 0 Å². The molecular formula is C12H24O2. The molecule has 0 N–H and O–H groups in total. The minimum Gasteiger partial charge on any atom is -0.345 e. The molecule has 0 spiro atoms. The number of hydrogen-bond acceptors (Lipinski definition) is 2. The molecule has 0 aromatic carbocycles. The summed E-state index contributed by atoms with van der Waals surface area (Å²) in [7, 11) is 0. The normalized spacial score (nSPS) is 30.9. The summed E-state index contributed by atoms with van der Waals surface area (Å²) in [5, 5.41) is 0. The van der Waals surface area contributed by atoms with Gasteiger partial charge in [0.05, 0.1) is 12.2 Å². The fourth-order valence-electron chi connectivity index (χ4n) is 2.00. The predicted molar refractivity (Wildman–Crippen MR) is 58.3 cm³/mol. The number of unbranched alkanes of at least 4 members (excludes halogenated alkanes) is 3. The number of rotatable bonds is 5. The molecule has 1 saturated heterocycles. The van der Waals surface area contributed by atoms with E-state index < -0.39 is 0 Å². The Bertz CT molecular complexity index is 158. The Labute approximate surface area is 88.0 Å². The van der Waals surface area contributed by atoms with Crippen LogP contribution in [0.5, 0.6) is 0 Å². The van der Waals surface area contributed by atoms with Gasteiger partial charge in [0.1, 0.15) is 0 Å². The zero-order valence-electron chi connectivity index (χ0n) is 10.0. The Morgan fingerprint density at radius 1 is 1.00 bits per heavy atom. The summed E-state index contributed by atoms with van der Waals surface area (Å²) in [5.74, 6) is -0.313. The van der Waals surface area contributed by atoms with Gasteiger partial charge >= 0.3 is 0 Å². The maximum Gasteiger partial charge on any atom is 0.166 e. The Morgan fingerprint density at radius 3 is 2.07 bits per heavy atom. The third kappa shape index (κ3) is 3.25. The molecule has 0 radical (unpaired) electrons. The van der Waals surface area contributed by atoms with Crippen LogP contribution in [0.4, 0.5) is 0 Å². The van der Waals surface area contributed by atoms with E-state index in [0.29, 0.717) is 0 Å². The lowest BCUT2D eigenvalue weighted by atomic mass is 10.1. The van der Waals surface area contributed by atoms with Crippen molar-refractivity contribution in [2.75, 3.05) is 0 Å². The number of ether oxygens (including phenoxy) is 2. The van der Waals surface area contributed by atoms with Crippen LogP contribution in [0.25, 0.3) is 0 Å². The molecule has 0 aromatic rings. The van der Waals surface area contributed by atoms with Crippen LogP contribution in [0.1, 0.15) is 59.8 Å². The summed E-state index contributed by atoms with van der Waals surface area (Å²) in [6.45, 7) is 8.47. The molecule has 0 aromatic heterocycles. The first-order chi connectivity index (χ1) is 6.57. The van der Waals surface area contributed by atoms with E-state index in [1.54, 1.807) is 0 Å². The standard InChI is InChI=1S/C12H24O2/c1-5-6-7-8-9-12(4)13-10(2)11(3)14-12/h10-11H,5-9H2,1-4H3/t10-,11-/m1/s1. The van der Waals surface area contributed by atoms with E-state index in [1.807, 2.05) is 0 Å². The van der Waals surface area contributed by atoms with E-state index in [1.165, 1.54) is 25.7 Å². The second-order valence-corrected chi connectivity index (χ2v) is 4.59. The lowest BCUT2D eigenvalue weighted by Gasteiger charge is -2.23. The molecule has 84 valence electrons. The van der Waals surface area contributed by atoms with Crippen LogP contribution in [0.3, 0.4) is 0 Å². The molecule has 0 saturated carbocycles. The van der Waals surface area contributed by atoms with Crippen molar-refractivity contribution >= 4 is 0 Å². The Hall–Kier alpha value is -0.0800. The molecule has 1 aliphatic rings. The van der Waals surface area contributed by atoms with Crippen molar-refractivity contribution < 1.29 is 9.47 Å². The highest BCUT2D eigenvalue weighted by atomic mass is 16.7. The van der Waals surface area contributed by atoms with Gasteiger partial charge in [0.2, 0.25) is 0 Å². The van der Waals surface area contributed by atoms with Gasteiger partial charge in [-0.3, -0.25) is 0 Å². The molecule has 1 aliphatic heterocycles. The van der Waals surface area contributed by atoms with Gasteiger partial charge < -0.3 is 9.47 Å². The van der Waals surface area contributed by atoms with E-state index in [4.69, 9.17) is 9.47 Å². The average molecular weight is 200 g/mol. The lowest BCUT2D eigenvalue weighted by molar-refractivity contribution is -0.164. The summed E-state index contributed by atoms with van der Waals surface area (Å²) >= 11 is 0. The predicted octanol–water partition coefficient (Wildman–Crippen LogP) is 3.50. The van der Waals surface area contributed by atoms with Crippen LogP contribution >= 0.6 is 0 Å². The fraction of sp³-hybridized carbons (Fsp3) is 1.00. The largest absolute Gasteiger partial charge is 0.345 e. The summed E-state index contributed by atoms with van der Waals surface area (Å²) in [6, 6.07) is 0. The van der Waals surface area contributed by atoms with Gasteiger partial charge in [-0.25, -0.2) is 0 Å². The monoisotopic (exact) mass is 200 g/mol. The molecule has 0 unspecified atom stereocenters. The van der Waals surface area contributed by atoms with Crippen molar-refractivity contribution in [3.05, 3.63) is 0 Å². The molecule has 14 heavy (non-hydrogen) atoms. The first-order valence-electron chi connectivity index (χ1n) is 5.93. The molecule has 2 heteroatoms. The quantitative estimate of drug-likeness (QED) is 0.632. The lowest BCUT2D eigenvalue weighted by Crippen LogP contribution is -2.26. The minimum absolute atomic E-state index is 0.242. The second-order valence-electron chi connectivity index (χ2n) is 4.59. The topological polar surface area (TPSA) is 18.5 Å². The molecular weight excluding hydrogens is 176 g/mol. The van der Waals surface area contributed by atoms with Crippen LogP contribution in [-0.2, 0) is 9.47 Å². The highest BCUT2D eigenvalue weighted by molar-refractivity contribution is 4.78. The smallest absolute Gasteiger partial charge is 0.166 e. The fourth-order valence-corrected chi connectivity index (χ4v) is 2.00. The van der Waals surface area contributed by atoms with Gasteiger partial charge in [0, 0.05) is 6.42 Å². The highest BCUT2D eigenvalue weighted by Crippen LogP contribution is 2.32. The number of hydrogen-bond donors (Lipinski definition) is 0. The van der Waals surface area contributed by atoms with Crippen LogP contribution in [0.15, 0.2) is 0 Å². The molecule has 1 rings (SSSR count). The summed E-state index contributed by atoms with van der Waals surface area (Å²) in [6.07, 6.45) is 6.62. The van der Waals surface area contributed by atoms with Crippen molar-refractivity contribution in [3.8, 4) is 0 Å². The molecule has 0 aliphatic carbocycles. The van der Waals surface area contributed by atoms with Crippen LogP contribution in [-0.4, -0.2) is 18.0 Å². The van der Waals surface area contributed by atoms with Crippen LogP contribution in [0.2, 0.25) is 0 Å².